The van der Waals surface area contributed by atoms with Gasteiger partial charge in [0.15, 0.2) is 0 Å². The first-order chi connectivity index (χ1) is 9.26. The SMILES string of the molecule is Cn1nc(-c2ccc(OC(F)(F)F)cc2)cc1C(=O)O. The maximum atomic E-state index is 12.0. The predicted octanol–water partition coefficient (Wildman–Crippen LogP) is 2.68. The Labute approximate surface area is 111 Å². The van der Waals surface area contributed by atoms with Crippen LogP contribution in [-0.2, 0) is 7.05 Å². The second-order valence-electron chi connectivity index (χ2n) is 3.92. The van der Waals surface area contributed by atoms with E-state index < -0.39 is 12.3 Å². The predicted molar refractivity (Wildman–Crippen MR) is 62.3 cm³/mol. The summed E-state index contributed by atoms with van der Waals surface area (Å²) in [4.78, 5) is 10.9. The van der Waals surface area contributed by atoms with Crippen LogP contribution in [0.3, 0.4) is 0 Å². The van der Waals surface area contributed by atoms with Crippen LogP contribution in [-0.4, -0.2) is 27.2 Å². The van der Waals surface area contributed by atoms with Crippen molar-refractivity contribution in [1.82, 2.24) is 9.78 Å². The van der Waals surface area contributed by atoms with Gasteiger partial charge in [0.05, 0.1) is 5.69 Å². The molecule has 0 saturated carbocycles. The Morgan fingerprint density at radius 1 is 1.30 bits per heavy atom. The van der Waals surface area contributed by atoms with Crippen LogP contribution in [0.5, 0.6) is 5.75 Å². The number of carbonyl (C=O) groups is 1. The molecule has 0 spiro atoms. The summed E-state index contributed by atoms with van der Waals surface area (Å²) in [5, 5.41) is 12.9. The molecule has 1 heterocycles. The molecule has 106 valence electrons. The Morgan fingerprint density at radius 3 is 2.35 bits per heavy atom. The van der Waals surface area contributed by atoms with Crippen LogP contribution < -0.4 is 4.74 Å². The quantitative estimate of drug-likeness (QED) is 0.942. The molecular weight excluding hydrogens is 277 g/mol. The second-order valence-corrected chi connectivity index (χ2v) is 3.92. The zero-order chi connectivity index (χ0) is 14.9. The molecule has 0 amide bonds. The molecule has 0 unspecified atom stereocenters. The van der Waals surface area contributed by atoms with Gasteiger partial charge in [-0.15, -0.1) is 13.2 Å². The number of alkyl halides is 3. The maximum Gasteiger partial charge on any atom is 0.573 e. The second kappa shape index (κ2) is 4.87. The van der Waals surface area contributed by atoms with Crippen molar-refractivity contribution < 1.29 is 27.8 Å². The van der Waals surface area contributed by atoms with E-state index in [0.717, 1.165) is 12.1 Å². The Morgan fingerprint density at radius 2 is 1.90 bits per heavy atom. The summed E-state index contributed by atoms with van der Waals surface area (Å²) in [6, 6.07) is 6.35. The van der Waals surface area contributed by atoms with Crippen molar-refractivity contribution in [3.05, 3.63) is 36.0 Å². The van der Waals surface area contributed by atoms with Gasteiger partial charge in [-0.05, 0) is 30.3 Å². The topological polar surface area (TPSA) is 64.4 Å². The normalized spacial score (nSPS) is 11.4. The van der Waals surface area contributed by atoms with Crippen molar-refractivity contribution in [2.45, 2.75) is 6.36 Å². The van der Waals surface area contributed by atoms with Gasteiger partial charge in [0.2, 0.25) is 0 Å². The molecular formula is C12H9F3N2O3. The molecule has 0 radical (unpaired) electrons. The molecule has 1 N–H and O–H groups in total. The molecule has 0 aliphatic heterocycles. The smallest absolute Gasteiger partial charge is 0.477 e. The van der Waals surface area contributed by atoms with E-state index in [4.69, 9.17) is 5.11 Å². The average molecular weight is 286 g/mol. The van der Waals surface area contributed by atoms with Gasteiger partial charge in [-0.2, -0.15) is 5.10 Å². The van der Waals surface area contributed by atoms with Crippen LogP contribution in [0.15, 0.2) is 30.3 Å². The fraction of sp³-hybridized carbons (Fsp3) is 0.167. The Hall–Kier alpha value is -2.51. The first-order valence-electron chi connectivity index (χ1n) is 5.40. The monoisotopic (exact) mass is 286 g/mol. The summed E-state index contributed by atoms with van der Waals surface area (Å²) in [6.07, 6.45) is -4.75. The lowest BCUT2D eigenvalue weighted by atomic mass is 10.1. The summed E-state index contributed by atoms with van der Waals surface area (Å²) < 4.78 is 40.9. The van der Waals surface area contributed by atoms with Crippen LogP contribution in [0.2, 0.25) is 0 Å². The Kier molecular flexibility index (Phi) is 3.39. The minimum Gasteiger partial charge on any atom is -0.477 e. The van der Waals surface area contributed by atoms with Crippen LogP contribution >= 0.6 is 0 Å². The van der Waals surface area contributed by atoms with E-state index in [-0.39, 0.29) is 11.4 Å². The van der Waals surface area contributed by atoms with Crippen molar-refractivity contribution in [3.8, 4) is 17.0 Å². The summed E-state index contributed by atoms with van der Waals surface area (Å²) in [5.41, 5.74) is 0.821. The molecule has 5 nitrogen and oxygen atoms in total. The number of hydrogen-bond acceptors (Lipinski definition) is 3. The molecule has 0 saturated heterocycles. The number of aromatic nitrogens is 2. The Balaban J connectivity index is 2.26. The van der Waals surface area contributed by atoms with Crippen molar-refractivity contribution in [2.75, 3.05) is 0 Å². The number of hydrogen-bond donors (Lipinski definition) is 1. The molecule has 2 aromatic rings. The number of rotatable bonds is 3. The minimum atomic E-state index is -4.75. The van der Waals surface area contributed by atoms with Gasteiger partial charge in [-0.25, -0.2) is 4.79 Å². The molecule has 0 bridgehead atoms. The lowest BCUT2D eigenvalue weighted by Crippen LogP contribution is -2.16. The van der Waals surface area contributed by atoms with Gasteiger partial charge in [0.25, 0.3) is 0 Å². The number of nitrogens with zero attached hydrogens (tertiary/aromatic N) is 2. The van der Waals surface area contributed by atoms with Crippen LogP contribution in [0, 0.1) is 0 Å². The zero-order valence-electron chi connectivity index (χ0n) is 10.2. The van der Waals surface area contributed by atoms with E-state index in [1.165, 1.54) is 29.9 Å². The molecule has 0 atom stereocenters. The minimum absolute atomic E-state index is 0.0179. The summed E-state index contributed by atoms with van der Waals surface area (Å²) in [7, 11) is 1.47. The van der Waals surface area contributed by atoms with Crippen LogP contribution in [0.25, 0.3) is 11.3 Å². The number of ether oxygens (including phenoxy) is 1. The van der Waals surface area contributed by atoms with Gasteiger partial charge in [0, 0.05) is 12.6 Å². The van der Waals surface area contributed by atoms with Crippen molar-refractivity contribution >= 4 is 5.97 Å². The number of aromatic carboxylic acids is 1. The lowest BCUT2D eigenvalue weighted by molar-refractivity contribution is -0.274. The molecule has 1 aromatic heterocycles. The van der Waals surface area contributed by atoms with E-state index in [0.29, 0.717) is 11.3 Å². The number of carboxylic acid groups (broad SMARTS) is 1. The van der Waals surface area contributed by atoms with Gasteiger partial charge in [0.1, 0.15) is 11.4 Å². The lowest BCUT2D eigenvalue weighted by Gasteiger charge is -2.08. The third kappa shape index (κ3) is 3.08. The number of aryl methyl sites for hydroxylation is 1. The van der Waals surface area contributed by atoms with Crippen molar-refractivity contribution in [1.29, 1.82) is 0 Å². The highest BCUT2D eigenvalue weighted by atomic mass is 19.4. The molecule has 0 aliphatic carbocycles. The van der Waals surface area contributed by atoms with Gasteiger partial charge >= 0.3 is 12.3 Å². The molecule has 0 aliphatic rings. The maximum absolute atomic E-state index is 12.0. The van der Waals surface area contributed by atoms with Crippen LogP contribution in [0.1, 0.15) is 10.5 Å². The van der Waals surface area contributed by atoms with Crippen molar-refractivity contribution in [3.63, 3.8) is 0 Å². The molecule has 2 rings (SSSR count). The van der Waals surface area contributed by atoms with E-state index in [1.54, 1.807) is 0 Å². The first-order valence-corrected chi connectivity index (χ1v) is 5.40. The average Bonchev–Trinajstić information content (AvgIpc) is 2.70. The largest absolute Gasteiger partial charge is 0.573 e. The summed E-state index contributed by atoms with van der Waals surface area (Å²) in [6.45, 7) is 0. The molecule has 1 aromatic carbocycles. The van der Waals surface area contributed by atoms with Crippen LogP contribution in [0.4, 0.5) is 13.2 Å². The highest BCUT2D eigenvalue weighted by Crippen LogP contribution is 2.26. The zero-order valence-corrected chi connectivity index (χ0v) is 10.2. The fourth-order valence-electron chi connectivity index (χ4n) is 1.64. The molecule has 8 heteroatoms. The highest BCUT2D eigenvalue weighted by Gasteiger charge is 2.31. The fourth-order valence-corrected chi connectivity index (χ4v) is 1.64. The molecule has 0 fully saturated rings. The standard InChI is InChI=1S/C12H9F3N2O3/c1-17-10(11(18)19)6-9(16-17)7-2-4-8(5-3-7)20-12(13,14)15/h2-6H,1H3,(H,18,19). The first kappa shape index (κ1) is 13.9. The van der Waals surface area contributed by atoms with E-state index >= 15 is 0 Å². The summed E-state index contributed by atoms with van der Waals surface area (Å²) >= 11 is 0. The Bertz CT molecular complexity index is 632. The van der Waals surface area contributed by atoms with E-state index in [2.05, 4.69) is 9.84 Å². The van der Waals surface area contributed by atoms with E-state index in [9.17, 15) is 18.0 Å². The summed E-state index contributed by atoms with van der Waals surface area (Å²) in [5.74, 6) is -1.49. The van der Waals surface area contributed by atoms with Crippen molar-refractivity contribution in [2.24, 2.45) is 7.05 Å². The van der Waals surface area contributed by atoms with Gasteiger partial charge in [-0.1, -0.05) is 0 Å². The number of carboxylic acids is 1. The van der Waals surface area contributed by atoms with E-state index in [1.807, 2.05) is 0 Å². The number of halogens is 3. The number of benzene rings is 1. The third-order valence-corrected chi connectivity index (χ3v) is 2.48. The highest BCUT2D eigenvalue weighted by molar-refractivity contribution is 5.87. The molecule has 20 heavy (non-hydrogen) atoms. The van der Waals surface area contributed by atoms with Gasteiger partial charge in [-0.3, -0.25) is 4.68 Å². The third-order valence-electron chi connectivity index (χ3n) is 2.48. The van der Waals surface area contributed by atoms with Gasteiger partial charge < -0.3 is 9.84 Å².